The Morgan fingerprint density at radius 3 is 2.18 bits per heavy atom. The fraction of sp³-hybridized carbons (Fsp3) is 0.381. The molecule has 0 bridgehead atoms. The Balaban J connectivity index is 0.714. The monoisotopic (exact) mass is 756 g/mol. The highest BCUT2D eigenvalue weighted by Crippen LogP contribution is 2.42. The number of hydrogen-bond donors (Lipinski definition) is 2. The summed E-state index contributed by atoms with van der Waals surface area (Å²) in [7, 11) is 0. The molecule has 4 aromatic rings. The number of rotatable bonds is 11. The highest BCUT2D eigenvalue weighted by molar-refractivity contribution is 6.23. The summed E-state index contributed by atoms with van der Waals surface area (Å²) >= 11 is 0. The van der Waals surface area contributed by atoms with Gasteiger partial charge in [0.1, 0.15) is 30.3 Å². The Morgan fingerprint density at radius 1 is 0.821 bits per heavy atom. The SMILES string of the molecule is O=C1CCC(N2C(=O)c3ccc(N[C@H]4C[C@H](Oc5ccc(C6(c7ccc(OCc8ccnc(N9CC%10(COC%10)C9)n8)cc7)COC6)cc5)C4)cc3C2=O)C(=O)N1. The number of nitrogens with one attached hydrogen (secondary N) is 2. The molecule has 4 amide bonds. The van der Waals surface area contributed by atoms with E-state index in [4.69, 9.17) is 23.9 Å². The Kier molecular flexibility index (Phi) is 8.29. The number of anilines is 2. The summed E-state index contributed by atoms with van der Waals surface area (Å²) in [4.78, 5) is 62.6. The zero-order valence-corrected chi connectivity index (χ0v) is 30.6. The number of nitrogens with zero attached hydrogens (tertiary/aromatic N) is 4. The quantitative estimate of drug-likeness (QED) is 0.214. The molecule has 1 aromatic heterocycles. The van der Waals surface area contributed by atoms with Gasteiger partial charge < -0.3 is 29.2 Å². The molecule has 4 saturated heterocycles. The van der Waals surface area contributed by atoms with E-state index in [0.717, 1.165) is 84.0 Å². The Labute approximate surface area is 322 Å². The van der Waals surface area contributed by atoms with Crippen LogP contribution in [0.2, 0.25) is 0 Å². The van der Waals surface area contributed by atoms with Gasteiger partial charge >= 0.3 is 0 Å². The van der Waals surface area contributed by atoms with E-state index >= 15 is 0 Å². The van der Waals surface area contributed by atoms with Crippen LogP contribution in [-0.4, -0.2) is 96.2 Å². The second kappa shape index (κ2) is 13.4. The van der Waals surface area contributed by atoms with Crippen LogP contribution in [0.15, 0.2) is 79.0 Å². The first-order valence-electron chi connectivity index (χ1n) is 19.1. The highest BCUT2D eigenvalue weighted by Gasteiger charge is 2.50. The van der Waals surface area contributed by atoms with Crippen LogP contribution < -0.4 is 25.0 Å². The fourth-order valence-electron chi connectivity index (χ4n) is 8.55. The molecule has 1 unspecified atom stereocenters. The van der Waals surface area contributed by atoms with Crippen molar-refractivity contribution >= 4 is 35.3 Å². The summed E-state index contributed by atoms with van der Waals surface area (Å²) in [5, 5.41) is 5.67. The summed E-state index contributed by atoms with van der Waals surface area (Å²) in [6.07, 6.45) is 3.57. The van der Waals surface area contributed by atoms with Crippen molar-refractivity contribution in [2.75, 3.05) is 49.7 Å². The number of carbonyl (C=O) groups is 4. The first-order chi connectivity index (χ1) is 27.2. The largest absolute Gasteiger partial charge is 0.490 e. The third-order valence-electron chi connectivity index (χ3n) is 12.0. The van der Waals surface area contributed by atoms with Crippen LogP contribution in [0.3, 0.4) is 0 Å². The minimum absolute atomic E-state index is 0.0340. The third kappa shape index (κ3) is 6.03. The molecule has 286 valence electrons. The number of hydrogen-bond acceptors (Lipinski definition) is 12. The molecular formula is C42H40N6O8. The average Bonchev–Trinajstić information content (AvgIpc) is 3.37. The lowest BCUT2D eigenvalue weighted by Gasteiger charge is -2.54. The summed E-state index contributed by atoms with van der Waals surface area (Å²) in [6.45, 7) is 5.06. The predicted molar refractivity (Wildman–Crippen MR) is 200 cm³/mol. The molecule has 14 nitrogen and oxygen atoms in total. The van der Waals surface area contributed by atoms with Crippen LogP contribution in [0.25, 0.3) is 0 Å². The van der Waals surface area contributed by atoms with E-state index in [1.807, 2.05) is 30.3 Å². The van der Waals surface area contributed by atoms with Crippen molar-refractivity contribution in [2.24, 2.45) is 5.41 Å². The highest BCUT2D eigenvalue weighted by atomic mass is 16.5. The van der Waals surface area contributed by atoms with E-state index in [2.05, 4.69) is 44.8 Å². The summed E-state index contributed by atoms with van der Waals surface area (Å²) in [5.41, 5.74) is 4.44. The van der Waals surface area contributed by atoms with Crippen molar-refractivity contribution in [3.63, 3.8) is 0 Å². The van der Waals surface area contributed by atoms with E-state index in [-0.39, 0.29) is 41.5 Å². The van der Waals surface area contributed by atoms with Gasteiger partial charge in [0.15, 0.2) is 0 Å². The van der Waals surface area contributed by atoms with Gasteiger partial charge in [-0.05, 0) is 66.1 Å². The van der Waals surface area contributed by atoms with Gasteiger partial charge in [-0.2, -0.15) is 0 Å². The minimum atomic E-state index is -0.989. The third-order valence-corrected chi connectivity index (χ3v) is 12.0. The standard InChI is InChI=1S/C42H40N6O8/c49-36-12-11-35(37(50)46-36)48-38(51)33-10-5-27(17-34(33)39(48)52)44-29-15-32(16-29)56-31-8-3-26(4-9-31)42(23-54-24-42)25-1-6-30(7-2-25)55-18-28-13-14-43-40(45-28)47-19-41(20-47)21-53-22-41/h1-10,13-14,17,29,32,35,44H,11-12,15-16,18-24H2,(H,46,49,50)/t29-,32-,35?. The van der Waals surface area contributed by atoms with Gasteiger partial charge in [-0.1, -0.05) is 24.3 Å². The van der Waals surface area contributed by atoms with Gasteiger partial charge in [-0.25, -0.2) is 9.97 Å². The Bertz CT molecular complexity index is 2220. The van der Waals surface area contributed by atoms with E-state index in [1.165, 1.54) is 0 Å². The molecule has 0 radical (unpaired) electrons. The second-order valence-corrected chi connectivity index (χ2v) is 15.9. The number of fused-ring (bicyclic) bond motifs is 1. The van der Waals surface area contributed by atoms with E-state index in [9.17, 15) is 19.2 Å². The van der Waals surface area contributed by atoms with Gasteiger partial charge in [0, 0.05) is 50.3 Å². The average molecular weight is 757 g/mol. The summed E-state index contributed by atoms with van der Waals surface area (Å²) in [6, 6.07) is 22.6. The number of carbonyl (C=O) groups excluding carboxylic acids is 4. The van der Waals surface area contributed by atoms with Gasteiger partial charge in [0.05, 0.1) is 54.1 Å². The smallest absolute Gasteiger partial charge is 0.262 e. The fourth-order valence-corrected chi connectivity index (χ4v) is 8.55. The van der Waals surface area contributed by atoms with Gasteiger partial charge in [0.25, 0.3) is 11.8 Å². The number of amides is 4. The molecule has 2 N–H and O–H groups in total. The number of imide groups is 2. The van der Waals surface area contributed by atoms with Crippen LogP contribution >= 0.6 is 0 Å². The van der Waals surface area contributed by atoms with E-state index in [0.29, 0.717) is 25.2 Å². The first kappa shape index (κ1) is 34.6. The van der Waals surface area contributed by atoms with Gasteiger partial charge in [0.2, 0.25) is 17.8 Å². The topological polar surface area (TPSA) is 162 Å². The molecule has 56 heavy (non-hydrogen) atoms. The maximum absolute atomic E-state index is 13.2. The summed E-state index contributed by atoms with van der Waals surface area (Å²) in [5.74, 6) is 0.246. The molecule has 3 aromatic carbocycles. The number of aromatic nitrogens is 2. The predicted octanol–water partition coefficient (Wildman–Crippen LogP) is 3.63. The van der Waals surface area contributed by atoms with Crippen molar-refractivity contribution < 1.29 is 38.1 Å². The van der Waals surface area contributed by atoms with Crippen molar-refractivity contribution in [1.82, 2.24) is 20.2 Å². The Hall–Kier alpha value is -5.86. The van der Waals surface area contributed by atoms with Crippen LogP contribution in [0.1, 0.15) is 63.2 Å². The zero-order valence-electron chi connectivity index (χ0n) is 30.6. The second-order valence-electron chi connectivity index (χ2n) is 15.9. The number of benzene rings is 3. The van der Waals surface area contributed by atoms with Gasteiger partial charge in [-0.15, -0.1) is 0 Å². The first-order valence-corrected chi connectivity index (χ1v) is 19.1. The molecule has 1 saturated carbocycles. The zero-order chi connectivity index (χ0) is 38.0. The molecule has 5 aliphatic heterocycles. The maximum atomic E-state index is 13.2. The van der Waals surface area contributed by atoms with Crippen LogP contribution in [0.4, 0.5) is 11.6 Å². The lowest BCUT2D eigenvalue weighted by molar-refractivity contribution is -0.136. The Morgan fingerprint density at radius 2 is 1.52 bits per heavy atom. The van der Waals surface area contributed by atoms with Crippen LogP contribution in [0.5, 0.6) is 11.5 Å². The lowest BCUT2D eigenvalue weighted by Crippen LogP contribution is -2.66. The molecule has 6 aliphatic rings. The normalized spacial score (nSPS) is 24.3. The minimum Gasteiger partial charge on any atom is -0.490 e. The molecular weight excluding hydrogens is 716 g/mol. The molecule has 1 spiro atoms. The van der Waals surface area contributed by atoms with Crippen molar-refractivity contribution in [2.45, 2.75) is 55.9 Å². The molecule has 5 fully saturated rings. The van der Waals surface area contributed by atoms with Crippen LogP contribution in [-0.2, 0) is 31.1 Å². The van der Waals surface area contributed by atoms with Gasteiger partial charge in [-0.3, -0.25) is 29.4 Å². The molecule has 10 rings (SSSR count). The number of ether oxygens (including phenoxy) is 4. The lowest BCUT2D eigenvalue weighted by atomic mass is 9.73. The van der Waals surface area contributed by atoms with Crippen LogP contribution in [0, 0.1) is 5.41 Å². The molecule has 14 heteroatoms. The van der Waals surface area contributed by atoms with E-state index in [1.54, 1.807) is 24.4 Å². The maximum Gasteiger partial charge on any atom is 0.262 e. The van der Waals surface area contributed by atoms with Crippen molar-refractivity contribution in [3.05, 3.63) is 107 Å². The molecule has 6 heterocycles. The number of piperidine rings is 1. The van der Waals surface area contributed by atoms with Crippen molar-refractivity contribution in [3.8, 4) is 11.5 Å². The molecule has 1 atom stereocenters. The molecule has 1 aliphatic carbocycles. The van der Waals surface area contributed by atoms with E-state index < -0.39 is 29.7 Å². The summed E-state index contributed by atoms with van der Waals surface area (Å²) < 4.78 is 23.5. The van der Waals surface area contributed by atoms with Crippen molar-refractivity contribution in [1.29, 1.82) is 0 Å².